The van der Waals surface area contributed by atoms with Crippen LogP contribution >= 0.6 is 34.8 Å². The third-order valence-electron chi connectivity index (χ3n) is 11.3. The maximum atomic E-state index is 14.9. The first-order chi connectivity index (χ1) is 32.6. The number of halogens is 3. The average Bonchev–Trinajstić information content (AvgIpc) is 3.58. The molecule has 68 heavy (non-hydrogen) atoms. The van der Waals surface area contributed by atoms with E-state index in [1.165, 1.54) is 24.3 Å². The minimum absolute atomic E-state index is 0.00681. The monoisotopic (exact) mass is 1020 g/mol. The van der Waals surface area contributed by atoms with Crippen LogP contribution in [0.4, 0.5) is 11.4 Å². The molecule has 2 heterocycles. The number of aryl methyl sites for hydroxylation is 1. The van der Waals surface area contributed by atoms with E-state index in [-0.39, 0.29) is 55.1 Å². The molecule has 1 amide bonds. The van der Waals surface area contributed by atoms with Gasteiger partial charge in [0.1, 0.15) is 12.4 Å². The molecule has 0 spiro atoms. The molecule has 0 fully saturated rings. The molecule has 5 rings (SSSR count). The van der Waals surface area contributed by atoms with E-state index in [0.29, 0.717) is 36.8 Å². The van der Waals surface area contributed by atoms with Crippen LogP contribution in [-0.2, 0) is 37.4 Å². The fraction of sp³-hybridized carbons (Fsp3) is 0.458. The summed E-state index contributed by atoms with van der Waals surface area (Å²) in [5.74, 6) is -4.63. The number of aromatic nitrogens is 3. The van der Waals surface area contributed by atoms with Gasteiger partial charge < -0.3 is 19.7 Å². The highest BCUT2D eigenvalue weighted by Gasteiger charge is 2.36. The van der Waals surface area contributed by atoms with Gasteiger partial charge in [0.2, 0.25) is 5.88 Å². The number of oxazole rings is 1. The van der Waals surface area contributed by atoms with Crippen LogP contribution in [0, 0.1) is 0 Å². The lowest BCUT2D eigenvalue weighted by molar-refractivity contribution is -0.192. The Balaban J connectivity index is 1.58. The number of amides is 1. The fourth-order valence-corrected chi connectivity index (χ4v) is 9.35. The van der Waals surface area contributed by atoms with E-state index in [1.807, 2.05) is 6.92 Å². The number of nitrogens with one attached hydrogen (secondary N) is 2. The molecule has 0 radical (unpaired) electrons. The van der Waals surface area contributed by atoms with Crippen molar-refractivity contribution in [2.45, 2.75) is 135 Å². The quantitative estimate of drug-likeness (QED) is 0.0185. The van der Waals surface area contributed by atoms with Gasteiger partial charge in [-0.15, -0.1) is 5.06 Å². The highest BCUT2D eigenvalue weighted by atomic mass is 35.5. The zero-order chi connectivity index (χ0) is 49.4. The molecule has 368 valence electrons. The number of para-hydroxylation sites is 1. The molecular formula is C48H59Cl3N6O10S. The van der Waals surface area contributed by atoms with Gasteiger partial charge >= 0.3 is 11.7 Å². The smallest absolute Gasteiger partial charge is 0.423 e. The van der Waals surface area contributed by atoms with Crippen LogP contribution in [0.1, 0.15) is 139 Å². The Morgan fingerprint density at radius 3 is 2.09 bits per heavy atom. The van der Waals surface area contributed by atoms with Gasteiger partial charge in [-0.25, -0.2) is 27.6 Å². The number of aromatic hydroxyl groups is 1. The summed E-state index contributed by atoms with van der Waals surface area (Å²) in [5.41, 5.74) is -1.35. The van der Waals surface area contributed by atoms with Crippen molar-refractivity contribution in [2.75, 3.05) is 23.1 Å². The predicted octanol–water partition coefficient (Wildman–Crippen LogP) is 10.5. The lowest BCUT2D eigenvalue weighted by atomic mass is 10.1. The predicted molar refractivity (Wildman–Crippen MR) is 265 cm³/mol. The lowest BCUT2D eigenvalue weighted by Crippen LogP contribution is -2.40. The van der Waals surface area contributed by atoms with Crippen molar-refractivity contribution in [3.63, 3.8) is 0 Å². The van der Waals surface area contributed by atoms with Crippen LogP contribution in [-0.4, -0.2) is 64.0 Å². The molecular weight excluding hydrogens is 959 g/mol. The second kappa shape index (κ2) is 26.0. The third-order valence-corrected chi connectivity index (χ3v) is 13.7. The van der Waals surface area contributed by atoms with Gasteiger partial charge in [0.15, 0.2) is 18.1 Å². The van der Waals surface area contributed by atoms with Crippen LogP contribution < -0.4 is 21.4 Å². The largest absolute Gasteiger partial charge is 0.492 e. The Bertz CT molecular complexity index is 2760. The molecule has 1 atom stereocenters. The van der Waals surface area contributed by atoms with Crippen molar-refractivity contribution in [1.82, 2.24) is 19.2 Å². The van der Waals surface area contributed by atoms with Crippen molar-refractivity contribution in [2.24, 2.45) is 0 Å². The van der Waals surface area contributed by atoms with Gasteiger partial charge in [-0.1, -0.05) is 138 Å². The summed E-state index contributed by atoms with van der Waals surface area (Å²) in [6.45, 7) is 6.32. The summed E-state index contributed by atoms with van der Waals surface area (Å²) < 4.78 is 36.7. The van der Waals surface area contributed by atoms with Crippen LogP contribution in [0.25, 0.3) is 10.9 Å². The normalized spacial score (nSPS) is 12.1. The molecule has 0 aliphatic carbocycles. The van der Waals surface area contributed by atoms with Crippen molar-refractivity contribution in [3.05, 3.63) is 108 Å². The number of rotatable bonds is 28. The summed E-state index contributed by atoms with van der Waals surface area (Å²) >= 11 is 18.4. The topological polar surface area (TPSA) is 212 Å². The average molecular weight is 1020 g/mol. The third kappa shape index (κ3) is 14.2. The zero-order valence-corrected chi connectivity index (χ0v) is 41.6. The molecule has 5 aromatic rings. The number of aldehydes is 1. The van der Waals surface area contributed by atoms with E-state index < -0.39 is 62.4 Å². The number of anilines is 2. The van der Waals surface area contributed by atoms with Gasteiger partial charge in [0, 0.05) is 25.1 Å². The van der Waals surface area contributed by atoms with Gasteiger partial charge in [-0.2, -0.15) is 0 Å². The molecule has 2 aromatic heterocycles. The Labute approximate surface area is 410 Å². The zero-order valence-electron chi connectivity index (χ0n) is 38.5. The maximum absolute atomic E-state index is 14.9. The minimum Gasteiger partial charge on any atom is -0.492 e. The van der Waals surface area contributed by atoms with Crippen LogP contribution in [0.5, 0.6) is 5.88 Å². The van der Waals surface area contributed by atoms with Gasteiger partial charge in [0.05, 0.1) is 42.2 Å². The molecule has 3 N–H and O–H groups in total. The van der Waals surface area contributed by atoms with Gasteiger partial charge in [-0.3, -0.25) is 23.7 Å². The van der Waals surface area contributed by atoms with E-state index in [9.17, 15) is 37.5 Å². The molecule has 20 heteroatoms. The van der Waals surface area contributed by atoms with Crippen LogP contribution in [0.15, 0.2) is 73.5 Å². The number of unbranched alkanes of at least 4 members (excludes halogenated alkanes) is 11. The Morgan fingerprint density at radius 1 is 0.824 bits per heavy atom. The highest BCUT2D eigenvalue weighted by Crippen LogP contribution is 2.34. The summed E-state index contributed by atoms with van der Waals surface area (Å²) in [5, 5.41) is 15.8. The Morgan fingerprint density at radius 2 is 1.44 bits per heavy atom. The van der Waals surface area contributed by atoms with E-state index in [0.717, 1.165) is 99.8 Å². The molecule has 3 aromatic carbocycles. The number of nitrogens with zero attached hydrogens (tertiary/aromatic N) is 4. The second-order valence-electron chi connectivity index (χ2n) is 16.5. The summed E-state index contributed by atoms with van der Waals surface area (Å²) in [6.07, 6.45) is 13.8. The standard InChI is InChI=1S/C48H59Cl3N6O10S/c1-4-7-10-12-14-18-25-55(26-19-15-13-11-8-5-2)67-42(59)30-56-44(52-38-21-17-16-20-34(38)46(56)61)43(57-47(62)41(22-9-6-3)66-48(57)63)45(60)53-39-27-33(24-23-32(39)31-58)68(64,65)54-40-29-36(50)35(49)28-37(40)51/h16-17,20-21,23-24,27-29,31,43,54,62H,4-15,18-19,22,25-26,30H2,1-3H3,(H,53,60). The Kier molecular flexibility index (Phi) is 20.5. The van der Waals surface area contributed by atoms with Crippen LogP contribution in [0.2, 0.25) is 15.1 Å². The number of carbonyl (C=O) groups is 3. The first kappa shape index (κ1) is 53.8. The van der Waals surface area contributed by atoms with E-state index in [4.69, 9.17) is 44.1 Å². The van der Waals surface area contributed by atoms with E-state index in [1.54, 1.807) is 17.2 Å². The van der Waals surface area contributed by atoms with Gasteiger partial charge in [0.25, 0.3) is 21.5 Å². The molecule has 0 saturated heterocycles. The fourth-order valence-electron chi connectivity index (χ4n) is 7.61. The SMILES string of the molecule is CCCCCCCCN(CCCCCCCC)OC(=O)Cn1c(C(C(=O)Nc2cc(S(=O)(=O)Nc3cc(Cl)c(Cl)cc3Cl)ccc2C=O)n2c(O)c(CCCC)oc2=O)nc2ccccc2c1=O. The number of hydrogen-bond acceptors (Lipinski definition) is 12. The molecule has 0 bridgehead atoms. The molecule has 0 aliphatic rings. The molecule has 0 aliphatic heterocycles. The molecule has 1 unspecified atom stereocenters. The number of hydroxylamine groups is 2. The van der Waals surface area contributed by atoms with Crippen LogP contribution in [0.3, 0.4) is 0 Å². The maximum Gasteiger partial charge on any atom is 0.423 e. The summed E-state index contributed by atoms with van der Waals surface area (Å²) in [4.78, 5) is 79.9. The van der Waals surface area contributed by atoms with E-state index in [2.05, 4.69) is 28.9 Å². The Hall–Kier alpha value is -5.20. The van der Waals surface area contributed by atoms with E-state index >= 15 is 0 Å². The lowest BCUT2D eigenvalue weighted by Gasteiger charge is -2.24. The van der Waals surface area contributed by atoms with Crippen molar-refractivity contribution in [1.29, 1.82) is 0 Å². The van der Waals surface area contributed by atoms with Crippen molar-refractivity contribution in [3.8, 4) is 5.88 Å². The molecule has 0 saturated carbocycles. The minimum atomic E-state index is -4.50. The van der Waals surface area contributed by atoms with Gasteiger partial charge in [-0.05, 0) is 61.7 Å². The number of carbonyl (C=O) groups excluding carboxylic acids is 3. The first-order valence-corrected chi connectivity index (χ1v) is 25.7. The number of benzene rings is 3. The summed E-state index contributed by atoms with van der Waals surface area (Å²) in [7, 11) is -4.50. The van der Waals surface area contributed by atoms with Crippen molar-refractivity contribution < 1.29 is 37.2 Å². The highest BCUT2D eigenvalue weighted by molar-refractivity contribution is 7.92. The number of hydrogen-bond donors (Lipinski definition) is 3. The summed E-state index contributed by atoms with van der Waals surface area (Å²) in [6, 6.07) is 9.78. The number of sulfonamides is 1. The second-order valence-corrected chi connectivity index (χ2v) is 19.4. The number of fused-ring (bicyclic) bond motifs is 1. The van der Waals surface area contributed by atoms with Crippen molar-refractivity contribution >= 4 is 85.3 Å². The first-order valence-electron chi connectivity index (χ1n) is 23.1. The molecule has 16 nitrogen and oxygen atoms in total.